The summed E-state index contributed by atoms with van der Waals surface area (Å²) in [6.45, 7) is 1.57. The minimum atomic E-state index is -0.294. The molecule has 0 bridgehead atoms. The van der Waals surface area contributed by atoms with Gasteiger partial charge >= 0.3 is 0 Å². The zero-order valence-corrected chi connectivity index (χ0v) is 17.6. The van der Waals surface area contributed by atoms with Crippen LogP contribution in [0.3, 0.4) is 0 Å². The summed E-state index contributed by atoms with van der Waals surface area (Å²) in [7, 11) is 1.63. The van der Waals surface area contributed by atoms with Crippen LogP contribution in [-0.4, -0.2) is 41.1 Å². The molecule has 2 heterocycles. The highest BCUT2D eigenvalue weighted by Crippen LogP contribution is 2.24. The van der Waals surface area contributed by atoms with Crippen molar-refractivity contribution in [2.24, 2.45) is 5.92 Å². The van der Waals surface area contributed by atoms with Crippen molar-refractivity contribution in [3.8, 4) is 17.2 Å². The van der Waals surface area contributed by atoms with Gasteiger partial charge in [0.1, 0.15) is 11.6 Å². The molecule has 0 N–H and O–H groups in total. The Labute approximate surface area is 181 Å². The number of benzene rings is 2. The molecule has 1 aliphatic rings. The lowest BCUT2D eigenvalue weighted by molar-refractivity contribution is -0.131. The van der Waals surface area contributed by atoms with Crippen LogP contribution in [-0.2, 0) is 17.6 Å². The number of methoxy groups -OCH3 is 1. The Morgan fingerprint density at radius 3 is 2.52 bits per heavy atom. The smallest absolute Gasteiger partial charge is 0.257 e. The quantitative estimate of drug-likeness (QED) is 0.567. The van der Waals surface area contributed by atoms with Gasteiger partial charge in [-0.3, -0.25) is 4.79 Å². The first-order chi connectivity index (χ1) is 15.1. The van der Waals surface area contributed by atoms with Gasteiger partial charge in [0.15, 0.2) is 5.82 Å². The summed E-state index contributed by atoms with van der Waals surface area (Å²) in [4.78, 5) is 19.0. The Balaban J connectivity index is 1.22. The number of hydrogen-bond acceptors (Lipinski definition) is 5. The summed E-state index contributed by atoms with van der Waals surface area (Å²) in [5, 5.41) is 4.05. The predicted octanol–water partition coefficient (Wildman–Crippen LogP) is 4.30. The van der Waals surface area contributed by atoms with Crippen LogP contribution in [0.2, 0.25) is 0 Å². The zero-order chi connectivity index (χ0) is 21.6. The lowest BCUT2D eigenvalue weighted by Gasteiger charge is -2.32. The van der Waals surface area contributed by atoms with E-state index >= 15 is 0 Å². The second kappa shape index (κ2) is 9.73. The second-order valence-corrected chi connectivity index (χ2v) is 7.91. The molecule has 1 amide bonds. The van der Waals surface area contributed by atoms with Crippen molar-refractivity contribution in [3.63, 3.8) is 0 Å². The monoisotopic (exact) mass is 423 g/mol. The van der Waals surface area contributed by atoms with Crippen LogP contribution in [0.5, 0.6) is 5.75 Å². The van der Waals surface area contributed by atoms with Gasteiger partial charge in [0.25, 0.3) is 5.89 Å². The van der Waals surface area contributed by atoms with Crippen LogP contribution in [0.1, 0.15) is 30.7 Å². The average Bonchev–Trinajstić information content (AvgIpc) is 3.28. The van der Waals surface area contributed by atoms with Crippen molar-refractivity contribution in [3.05, 3.63) is 65.7 Å². The molecule has 1 aliphatic heterocycles. The standard InChI is InChI=1S/C24H26FN3O3/c1-30-21-9-2-18(3-10-21)16-23(29)28-14-12-17(13-15-28)4-11-22-26-24(31-27-22)19-5-7-20(25)8-6-19/h2-3,5-10,17H,4,11-16H2,1H3. The van der Waals surface area contributed by atoms with Gasteiger partial charge < -0.3 is 14.2 Å². The third-order valence-corrected chi connectivity index (χ3v) is 5.82. The highest BCUT2D eigenvalue weighted by Gasteiger charge is 2.23. The van der Waals surface area contributed by atoms with Gasteiger partial charge in [0.2, 0.25) is 5.91 Å². The van der Waals surface area contributed by atoms with Crippen LogP contribution in [0.4, 0.5) is 4.39 Å². The number of piperidine rings is 1. The maximum absolute atomic E-state index is 13.1. The van der Waals surface area contributed by atoms with Crippen molar-refractivity contribution >= 4 is 5.91 Å². The molecule has 1 fully saturated rings. The molecule has 1 aromatic heterocycles. The van der Waals surface area contributed by atoms with Gasteiger partial charge in [-0.15, -0.1) is 0 Å². The SMILES string of the molecule is COc1ccc(CC(=O)N2CCC(CCc3noc(-c4ccc(F)cc4)n3)CC2)cc1. The first-order valence-corrected chi connectivity index (χ1v) is 10.6. The van der Waals surface area contributed by atoms with E-state index in [9.17, 15) is 9.18 Å². The minimum absolute atomic E-state index is 0.172. The molecule has 0 aliphatic carbocycles. The molecule has 6 nitrogen and oxygen atoms in total. The molecule has 162 valence electrons. The van der Waals surface area contributed by atoms with Crippen LogP contribution in [0.15, 0.2) is 53.1 Å². The first kappa shape index (κ1) is 21.0. The van der Waals surface area contributed by atoms with E-state index in [0.717, 1.165) is 50.1 Å². The summed E-state index contributed by atoms with van der Waals surface area (Å²) in [5.41, 5.74) is 1.71. The van der Waals surface area contributed by atoms with Crippen LogP contribution in [0.25, 0.3) is 11.5 Å². The van der Waals surface area contributed by atoms with E-state index in [1.807, 2.05) is 29.2 Å². The van der Waals surface area contributed by atoms with Crippen LogP contribution < -0.4 is 4.74 Å². The number of aromatic nitrogens is 2. The van der Waals surface area contributed by atoms with Crippen molar-refractivity contribution in [1.82, 2.24) is 15.0 Å². The Bertz CT molecular complexity index is 994. The van der Waals surface area contributed by atoms with Gasteiger partial charge in [-0.05, 0) is 67.1 Å². The molecule has 0 atom stereocenters. The zero-order valence-electron chi connectivity index (χ0n) is 17.6. The van der Waals surface area contributed by atoms with Gasteiger partial charge in [-0.2, -0.15) is 4.98 Å². The maximum Gasteiger partial charge on any atom is 0.257 e. The molecule has 3 aromatic rings. The Morgan fingerprint density at radius 1 is 1.13 bits per heavy atom. The summed E-state index contributed by atoms with van der Waals surface area (Å²) < 4.78 is 23.5. The van der Waals surface area contributed by atoms with E-state index in [2.05, 4.69) is 10.1 Å². The second-order valence-electron chi connectivity index (χ2n) is 7.91. The fourth-order valence-corrected chi connectivity index (χ4v) is 3.90. The van der Waals surface area contributed by atoms with E-state index in [0.29, 0.717) is 29.6 Å². The molecule has 0 radical (unpaired) electrons. The van der Waals surface area contributed by atoms with Crippen molar-refractivity contribution in [1.29, 1.82) is 0 Å². The Hall–Kier alpha value is -3.22. The van der Waals surface area contributed by atoms with E-state index < -0.39 is 0 Å². The van der Waals surface area contributed by atoms with E-state index in [1.165, 1.54) is 12.1 Å². The number of nitrogens with zero attached hydrogens (tertiary/aromatic N) is 3. The van der Waals surface area contributed by atoms with Gasteiger partial charge in [-0.25, -0.2) is 4.39 Å². The highest BCUT2D eigenvalue weighted by molar-refractivity contribution is 5.78. The number of ether oxygens (including phenoxy) is 1. The number of carbonyl (C=O) groups excluding carboxylic acids is 1. The van der Waals surface area contributed by atoms with Gasteiger partial charge in [0.05, 0.1) is 13.5 Å². The lowest BCUT2D eigenvalue weighted by atomic mass is 9.92. The molecule has 4 rings (SSSR count). The Kier molecular flexibility index (Phi) is 6.60. The third kappa shape index (κ3) is 5.48. The topological polar surface area (TPSA) is 68.5 Å². The average molecular weight is 423 g/mol. The molecule has 0 spiro atoms. The van der Waals surface area contributed by atoms with E-state index in [1.54, 1.807) is 19.2 Å². The van der Waals surface area contributed by atoms with E-state index in [4.69, 9.17) is 9.26 Å². The lowest BCUT2D eigenvalue weighted by Crippen LogP contribution is -2.39. The van der Waals surface area contributed by atoms with Crippen molar-refractivity contribution in [2.45, 2.75) is 32.1 Å². The number of rotatable bonds is 7. The molecule has 0 unspecified atom stereocenters. The number of carbonyl (C=O) groups is 1. The van der Waals surface area contributed by atoms with Gasteiger partial charge in [-0.1, -0.05) is 17.3 Å². The summed E-state index contributed by atoms with van der Waals surface area (Å²) >= 11 is 0. The number of amides is 1. The molecular formula is C24H26FN3O3. The largest absolute Gasteiger partial charge is 0.497 e. The first-order valence-electron chi connectivity index (χ1n) is 10.6. The highest BCUT2D eigenvalue weighted by atomic mass is 19.1. The fraction of sp³-hybridized carbons (Fsp3) is 0.375. The Morgan fingerprint density at radius 2 is 1.84 bits per heavy atom. The molecule has 0 saturated carbocycles. The maximum atomic E-state index is 13.1. The molecule has 2 aromatic carbocycles. The number of hydrogen-bond donors (Lipinski definition) is 0. The number of aryl methyl sites for hydroxylation is 1. The fourth-order valence-electron chi connectivity index (χ4n) is 3.90. The van der Waals surface area contributed by atoms with Crippen molar-refractivity contribution < 1.29 is 18.4 Å². The number of halogens is 1. The predicted molar refractivity (Wildman–Crippen MR) is 114 cm³/mol. The normalized spacial score (nSPS) is 14.6. The molecule has 1 saturated heterocycles. The summed E-state index contributed by atoms with van der Waals surface area (Å²) in [6.07, 6.45) is 4.08. The van der Waals surface area contributed by atoms with E-state index in [-0.39, 0.29) is 11.7 Å². The van der Waals surface area contributed by atoms with Gasteiger partial charge in [0, 0.05) is 25.1 Å². The molecule has 7 heteroatoms. The summed E-state index contributed by atoms with van der Waals surface area (Å²) in [5.74, 6) is 2.29. The van der Waals surface area contributed by atoms with Crippen molar-refractivity contribution in [2.75, 3.05) is 20.2 Å². The minimum Gasteiger partial charge on any atom is -0.497 e. The van der Waals surface area contributed by atoms with Crippen LogP contribution in [0, 0.1) is 11.7 Å². The van der Waals surface area contributed by atoms with Crippen LogP contribution >= 0.6 is 0 Å². The third-order valence-electron chi connectivity index (χ3n) is 5.82. The molecule has 31 heavy (non-hydrogen) atoms. The number of likely N-dealkylation sites (tertiary alicyclic amines) is 1. The summed E-state index contributed by atoms with van der Waals surface area (Å²) in [6, 6.07) is 13.7. The molecular weight excluding hydrogens is 397 g/mol.